The lowest BCUT2D eigenvalue weighted by molar-refractivity contribution is 0.622. The lowest BCUT2D eigenvalue weighted by Crippen LogP contribution is -2.22. The number of hydrogen-bond acceptors (Lipinski definition) is 1. The van der Waals surface area contributed by atoms with Crippen LogP contribution in [-0.4, -0.2) is 0 Å². The minimum atomic E-state index is 0.608. The van der Waals surface area contributed by atoms with Crippen LogP contribution in [0.3, 0.4) is 0 Å². The highest BCUT2D eigenvalue weighted by atomic mass is 15.2. The molecule has 0 radical (unpaired) electrons. The highest BCUT2D eigenvalue weighted by Crippen LogP contribution is 2.33. The van der Waals surface area contributed by atoms with Gasteiger partial charge in [-0.05, 0) is 68.9 Å². The Kier molecular flexibility index (Phi) is 7.72. The summed E-state index contributed by atoms with van der Waals surface area (Å²) in [4.78, 5) is 2.41. The lowest BCUT2D eigenvalue weighted by atomic mass is 9.97. The molecule has 1 atom stereocenters. The van der Waals surface area contributed by atoms with E-state index < -0.39 is 0 Å². The first-order chi connectivity index (χ1) is 12.7. The Morgan fingerprint density at radius 2 is 1.65 bits per heavy atom. The first kappa shape index (κ1) is 20.0. The van der Waals surface area contributed by atoms with Gasteiger partial charge in [0.2, 0.25) is 0 Å². The quantitative estimate of drug-likeness (QED) is 0.547. The van der Waals surface area contributed by atoms with Crippen LogP contribution < -0.4 is 4.90 Å². The molecule has 0 aliphatic heterocycles. The minimum Gasteiger partial charge on any atom is -0.311 e. The van der Waals surface area contributed by atoms with E-state index in [4.69, 9.17) is 0 Å². The third-order valence-electron chi connectivity index (χ3n) is 4.95. The molecule has 138 valence electrons. The Hall–Kier alpha value is -2.28. The topological polar surface area (TPSA) is 3.24 Å². The molecule has 0 bridgehead atoms. The number of rotatable bonds is 3. The number of hydrogen-bond donors (Lipinski definition) is 0. The van der Waals surface area contributed by atoms with Gasteiger partial charge >= 0.3 is 0 Å². The molecule has 2 aliphatic carbocycles. The van der Waals surface area contributed by atoms with Crippen molar-refractivity contribution >= 4 is 5.69 Å². The number of aryl methyl sites for hydroxylation is 1. The Labute approximate surface area is 160 Å². The molecule has 0 saturated heterocycles. The zero-order chi connectivity index (χ0) is 18.9. The fourth-order valence-corrected chi connectivity index (χ4v) is 3.25. The second kappa shape index (κ2) is 10.0. The molecule has 1 unspecified atom stereocenters. The van der Waals surface area contributed by atoms with Gasteiger partial charge in [-0.2, -0.15) is 0 Å². The van der Waals surface area contributed by atoms with Gasteiger partial charge in [0, 0.05) is 17.1 Å². The first-order valence-corrected chi connectivity index (χ1v) is 9.94. The van der Waals surface area contributed by atoms with Gasteiger partial charge in [0.15, 0.2) is 0 Å². The van der Waals surface area contributed by atoms with Crippen LogP contribution in [0.2, 0.25) is 0 Å². The largest absolute Gasteiger partial charge is 0.311 e. The van der Waals surface area contributed by atoms with Crippen LogP contribution in [0.1, 0.15) is 52.5 Å². The van der Waals surface area contributed by atoms with Crippen molar-refractivity contribution in [3.8, 4) is 0 Å². The molecule has 1 heteroatoms. The van der Waals surface area contributed by atoms with Gasteiger partial charge in [0.05, 0.1) is 0 Å². The highest BCUT2D eigenvalue weighted by Gasteiger charge is 2.20. The van der Waals surface area contributed by atoms with Crippen molar-refractivity contribution in [2.24, 2.45) is 5.92 Å². The Bertz CT molecular complexity index is 726. The standard InChI is InChI=1S/C23H27N.C2H6/c1-18-14-16-22(17-15-18)24(21-11-6-4-5-7-12-21)23-13-9-8-10-19(2)20(23)3;1-2/h4-6,9,11-17,19H,7-8,10H2,1-3H3;1-2H3. The fraction of sp³-hybridized carbons (Fsp3) is 0.360. The third kappa shape index (κ3) is 4.88. The number of benzene rings is 1. The van der Waals surface area contributed by atoms with E-state index in [0.29, 0.717) is 5.92 Å². The second-order valence-electron chi connectivity index (χ2n) is 6.77. The lowest BCUT2D eigenvalue weighted by Gasteiger charge is -2.30. The maximum Gasteiger partial charge on any atom is 0.0461 e. The predicted octanol–water partition coefficient (Wildman–Crippen LogP) is 7.49. The van der Waals surface area contributed by atoms with Crippen LogP contribution in [0.25, 0.3) is 0 Å². The molecule has 26 heavy (non-hydrogen) atoms. The summed E-state index contributed by atoms with van der Waals surface area (Å²) in [7, 11) is 0. The van der Waals surface area contributed by atoms with Gasteiger partial charge in [-0.25, -0.2) is 0 Å². The Morgan fingerprint density at radius 3 is 2.38 bits per heavy atom. The summed E-state index contributed by atoms with van der Waals surface area (Å²) in [6.45, 7) is 10.8. The molecule has 0 spiro atoms. The van der Waals surface area contributed by atoms with E-state index in [1.165, 1.54) is 34.6 Å². The predicted molar refractivity (Wildman–Crippen MR) is 116 cm³/mol. The SMILES string of the molecule is CC.CC1=C(N(C2=CCC=CC=C2)c2ccc(C)cc2)C=CCCC1C. The summed E-state index contributed by atoms with van der Waals surface area (Å²) >= 11 is 0. The molecule has 0 amide bonds. The summed E-state index contributed by atoms with van der Waals surface area (Å²) < 4.78 is 0. The van der Waals surface area contributed by atoms with Crippen LogP contribution in [-0.2, 0) is 0 Å². The van der Waals surface area contributed by atoms with Crippen LogP contribution in [0.4, 0.5) is 5.69 Å². The number of allylic oxidation sites excluding steroid dienone is 8. The summed E-state index contributed by atoms with van der Waals surface area (Å²) in [5.74, 6) is 0.608. The molecule has 1 aromatic rings. The van der Waals surface area contributed by atoms with Gasteiger partial charge in [0.1, 0.15) is 0 Å². The van der Waals surface area contributed by atoms with E-state index in [-0.39, 0.29) is 0 Å². The zero-order valence-corrected chi connectivity index (χ0v) is 17.0. The smallest absolute Gasteiger partial charge is 0.0461 e. The van der Waals surface area contributed by atoms with Gasteiger partial charge in [-0.15, -0.1) is 0 Å². The molecular weight excluding hydrogens is 314 g/mol. The van der Waals surface area contributed by atoms with Crippen molar-refractivity contribution in [2.45, 2.75) is 53.9 Å². The van der Waals surface area contributed by atoms with Crippen LogP contribution in [0.15, 0.2) is 83.8 Å². The van der Waals surface area contributed by atoms with Gasteiger partial charge in [-0.1, -0.05) is 68.8 Å². The molecule has 0 saturated carbocycles. The molecule has 0 N–H and O–H groups in total. The average molecular weight is 348 g/mol. The van der Waals surface area contributed by atoms with Gasteiger partial charge < -0.3 is 4.90 Å². The molecule has 0 fully saturated rings. The van der Waals surface area contributed by atoms with Crippen molar-refractivity contribution in [3.63, 3.8) is 0 Å². The normalized spacial score (nSPS) is 19.3. The van der Waals surface area contributed by atoms with E-state index in [1.807, 2.05) is 13.8 Å². The van der Waals surface area contributed by atoms with E-state index in [0.717, 1.165) is 12.8 Å². The Morgan fingerprint density at radius 1 is 0.923 bits per heavy atom. The van der Waals surface area contributed by atoms with Crippen molar-refractivity contribution < 1.29 is 0 Å². The summed E-state index contributed by atoms with van der Waals surface area (Å²) in [5, 5.41) is 0. The summed E-state index contributed by atoms with van der Waals surface area (Å²) in [5.41, 5.74) is 6.56. The molecule has 3 rings (SSSR count). The van der Waals surface area contributed by atoms with Crippen LogP contribution in [0.5, 0.6) is 0 Å². The van der Waals surface area contributed by atoms with Crippen LogP contribution in [0, 0.1) is 12.8 Å². The third-order valence-corrected chi connectivity index (χ3v) is 4.95. The van der Waals surface area contributed by atoms with E-state index in [2.05, 4.69) is 92.5 Å². The van der Waals surface area contributed by atoms with Crippen molar-refractivity contribution in [1.29, 1.82) is 0 Å². The van der Waals surface area contributed by atoms with Crippen molar-refractivity contribution in [1.82, 2.24) is 0 Å². The minimum absolute atomic E-state index is 0.608. The van der Waals surface area contributed by atoms with Crippen molar-refractivity contribution in [3.05, 3.63) is 89.3 Å². The molecule has 1 nitrogen and oxygen atoms in total. The molecule has 0 aromatic heterocycles. The monoisotopic (exact) mass is 347 g/mol. The summed E-state index contributed by atoms with van der Waals surface area (Å²) in [6.07, 6.45) is 19.0. The Balaban J connectivity index is 0.00000117. The maximum atomic E-state index is 2.41. The second-order valence-corrected chi connectivity index (χ2v) is 6.77. The maximum absolute atomic E-state index is 2.41. The molecular formula is C25H33N. The number of nitrogens with zero attached hydrogens (tertiary/aromatic N) is 1. The number of anilines is 1. The fourth-order valence-electron chi connectivity index (χ4n) is 3.25. The van der Waals surface area contributed by atoms with Crippen LogP contribution >= 0.6 is 0 Å². The first-order valence-electron chi connectivity index (χ1n) is 9.94. The average Bonchev–Trinajstić information content (AvgIpc) is 3.02. The molecule has 2 aliphatic rings. The highest BCUT2D eigenvalue weighted by molar-refractivity contribution is 5.64. The molecule has 1 aromatic carbocycles. The van der Waals surface area contributed by atoms with E-state index in [1.54, 1.807) is 0 Å². The van der Waals surface area contributed by atoms with Gasteiger partial charge in [0.25, 0.3) is 0 Å². The zero-order valence-electron chi connectivity index (χ0n) is 17.0. The summed E-state index contributed by atoms with van der Waals surface area (Å²) in [6, 6.07) is 8.85. The van der Waals surface area contributed by atoms with Crippen molar-refractivity contribution in [2.75, 3.05) is 4.90 Å². The molecule has 0 heterocycles. The van der Waals surface area contributed by atoms with Gasteiger partial charge in [-0.3, -0.25) is 0 Å². The van der Waals surface area contributed by atoms with E-state index >= 15 is 0 Å². The van der Waals surface area contributed by atoms with E-state index in [9.17, 15) is 0 Å².